The molecule has 0 spiro atoms. The molecule has 64 valence electrons. The van der Waals surface area contributed by atoms with Crippen LogP contribution in [-0.4, -0.2) is 11.1 Å². The maximum absolute atomic E-state index is 12.4. The highest BCUT2D eigenvalue weighted by atomic mass is 19.2. The van der Waals surface area contributed by atoms with Crippen LogP contribution >= 0.6 is 0 Å². The van der Waals surface area contributed by atoms with Gasteiger partial charge in [0.15, 0.2) is 0 Å². The predicted molar refractivity (Wildman–Crippen MR) is 36.3 cm³/mol. The molecule has 2 nitrogen and oxygen atoms in total. The van der Waals surface area contributed by atoms with Crippen molar-refractivity contribution in [1.82, 2.24) is 0 Å². The van der Waals surface area contributed by atoms with E-state index in [2.05, 4.69) is 0 Å². The molecule has 0 rings (SSSR count). The number of carboxylic acids is 1. The van der Waals surface area contributed by atoms with E-state index in [1.807, 2.05) is 0 Å². The van der Waals surface area contributed by atoms with Crippen molar-refractivity contribution in [2.24, 2.45) is 5.92 Å². The number of carboxylic acid groups (broad SMARTS) is 1. The molecule has 11 heavy (non-hydrogen) atoms. The van der Waals surface area contributed by atoms with Crippen molar-refractivity contribution in [3.05, 3.63) is 11.7 Å². The lowest BCUT2D eigenvalue weighted by atomic mass is 10.1. The largest absolute Gasteiger partial charge is 0.476 e. The molecule has 0 aromatic rings. The van der Waals surface area contributed by atoms with Crippen molar-refractivity contribution in [2.75, 3.05) is 0 Å². The van der Waals surface area contributed by atoms with Gasteiger partial charge < -0.3 is 5.11 Å². The van der Waals surface area contributed by atoms with E-state index in [4.69, 9.17) is 5.11 Å². The van der Waals surface area contributed by atoms with Gasteiger partial charge in [0.25, 0.3) is 0 Å². The van der Waals surface area contributed by atoms with Gasteiger partial charge in [0, 0.05) is 6.42 Å². The normalized spacial score (nSPS) is 13.2. The van der Waals surface area contributed by atoms with E-state index < -0.39 is 17.6 Å². The summed E-state index contributed by atoms with van der Waals surface area (Å²) in [5.74, 6) is -4.80. The van der Waals surface area contributed by atoms with Crippen LogP contribution in [-0.2, 0) is 4.79 Å². The number of allylic oxidation sites excluding steroid dienone is 1. The topological polar surface area (TPSA) is 37.3 Å². The third-order valence-electron chi connectivity index (χ3n) is 1.01. The van der Waals surface area contributed by atoms with Gasteiger partial charge in [0.1, 0.15) is 5.83 Å². The Kier molecular flexibility index (Phi) is 3.71. The molecule has 0 aromatic heterocycles. The number of rotatable bonds is 3. The SMILES string of the molecule is CC(C)C/C(F)=C(\F)C(=O)O. The summed E-state index contributed by atoms with van der Waals surface area (Å²) in [4.78, 5) is 9.85. The van der Waals surface area contributed by atoms with Crippen molar-refractivity contribution in [3.8, 4) is 0 Å². The monoisotopic (exact) mass is 164 g/mol. The molecule has 0 heterocycles. The lowest BCUT2D eigenvalue weighted by Gasteiger charge is -2.00. The standard InChI is InChI=1S/C7H10F2O2/c1-4(2)3-5(8)6(9)7(10)11/h4H,3H2,1-2H3,(H,10,11)/b6-5+. The molecule has 0 unspecified atom stereocenters. The Hall–Kier alpha value is -0.930. The zero-order chi connectivity index (χ0) is 9.02. The van der Waals surface area contributed by atoms with Crippen molar-refractivity contribution in [2.45, 2.75) is 20.3 Å². The first-order valence-corrected chi connectivity index (χ1v) is 3.22. The van der Waals surface area contributed by atoms with Gasteiger partial charge in [-0.15, -0.1) is 0 Å². The van der Waals surface area contributed by atoms with E-state index in [-0.39, 0.29) is 12.3 Å². The number of halogens is 2. The highest BCUT2D eigenvalue weighted by Gasteiger charge is 2.14. The first-order chi connectivity index (χ1) is 4.95. The number of hydrogen-bond acceptors (Lipinski definition) is 1. The van der Waals surface area contributed by atoms with E-state index in [0.29, 0.717) is 0 Å². The van der Waals surface area contributed by atoms with Gasteiger partial charge in [-0.1, -0.05) is 13.8 Å². The molecular formula is C7H10F2O2. The van der Waals surface area contributed by atoms with E-state index in [0.717, 1.165) is 0 Å². The lowest BCUT2D eigenvalue weighted by Crippen LogP contribution is -1.99. The van der Waals surface area contributed by atoms with Gasteiger partial charge in [-0.05, 0) is 5.92 Å². The van der Waals surface area contributed by atoms with Crippen molar-refractivity contribution in [3.63, 3.8) is 0 Å². The molecule has 0 saturated heterocycles. The zero-order valence-electron chi connectivity index (χ0n) is 6.40. The van der Waals surface area contributed by atoms with E-state index in [9.17, 15) is 13.6 Å². The minimum absolute atomic E-state index is 0.0832. The molecule has 0 aliphatic rings. The molecule has 0 radical (unpaired) electrons. The van der Waals surface area contributed by atoms with Crippen molar-refractivity contribution < 1.29 is 18.7 Å². The Labute approximate surface area is 63.5 Å². The first-order valence-electron chi connectivity index (χ1n) is 3.22. The Balaban J connectivity index is 4.28. The van der Waals surface area contributed by atoms with Gasteiger partial charge in [-0.25, -0.2) is 9.18 Å². The fourth-order valence-corrected chi connectivity index (χ4v) is 0.564. The molecule has 0 aromatic carbocycles. The van der Waals surface area contributed by atoms with Gasteiger partial charge in [0.2, 0.25) is 5.83 Å². The number of aliphatic carboxylic acids is 1. The van der Waals surface area contributed by atoms with Crippen LogP contribution in [0.5, 0.6) is 0 Å². The van der Waals surface area contributed by atoms with Crippen molar-refractivity contribution in [1.29, 1.82) is 0 Å². The van der Waals surface area contributed by atoms with Gasteiger partial charge >= 0.3 is 5.97 Å². The maximum atomic E-state index is 12.4. The van der Waals surface area contributed by atoms with Gasteiger partial charge in [-0.3, -0.25) is 0 Å². The molecule has 1 N–H and O–H groups in total. The quantitative estimate of drug-likeness (QED) is 0.649. The third-order valence-corrected chi connectivity index (χ3v) is 1.01. The molecule has 0 amide bonds. The molecule has 0 aliphatic heterocycles. The van der Waals surface area contributed by atoms with E-state index in [1.54, 1.807) is 13.8 Å². The Morgan fingerprint density at radius 1 is 1.45 bits per heavy atom. The van der Waals surface area contributed by atoms with Crippen LogP contribution in [0.2, 0.25) is 0 Å². The second-order valence-corrected chi connectivity index (χ2v) is 2.62. The Morgan fingerprint density at radius 2 is 1.91 bits per heavy atom. The number of carbonyl (C=O) groups is 1. The average molecular weight is 164 g/mol. The summed E-state index contributed by atoms with van der Waals surface area (Å²) in [5, 5.41) is 7.99. The molecule has 0 aliphatic carbocycles. The summed E-state index contributed by atoms with van der Waals surface area (Å²) in [5.41, 5.74) is 0. The third kappa shape index (κ3) is 3.70. The summed E-state index contributed by atoms with van der Waals surface area (Å²) in [6.45, 7) is 3.35. The van der Waals surface area contributed by atoms with Gasteiger partial charge in [0.05, 0.1) is 0 Å². The summed E-state index contributed by atoms with van der Waals surface area (Å²) in [6.07, 6.45) is -0.169. The first kappa shape index (κ1) is 10.1. The second kappa shape index (κ2) is 4.05. The van der Waals surface area contributed by atoms with Crippen LogP contribution in [0, 0.1) is 5.92 Å². The smallest absolute Gasteiger partial charge is 0.367 e. The van der Waals surface area contributed by atoms with E-state index in [1.165, 1.54) is 0 Å². The Morgan fingerprint density at radius 3 is 2.18 bits per heavy atom. The molecule has 0 fully saturated rings. The van der Waals surface area contributed by atoms with Crippen molar-refractivity contribution >= 4 is 5.97 Å². The maximum Gasteiger partial charge on any atom is 0.367 e. The minimum atomic E-state index is -1.84. The van der Waals surface area contributed by atoms with Crippen LogP contribution in [0.1, 0.15) is 20.3 Å². The second-order valence-electron chi connectivity index (χ2n) is 2.62. The average Bonchev–Trinajstić information content (AvgIpc) is 1.84. The highest BCUT2D eigenvalue weighted by Crippen LogP contribution is 2.17. The summed E-state index contributed by atoms with van der Waals surface area (Å²) < 4.78 is 24.6. The highest BCUT2D eigenvalue weighted by molar-refractivity contribution is 5.84. The zero-order valence-corrected chi connectivity index (χ0v) is 6.40. The molecule has 0 bridgehead atoms. The van der Waals surface area contributed by atoms with Crippen LogP contribution in [0.3, 0.4) is 0 Å². The molecule has 0 saturated carbocycles. The summed E-state index contributed by atoms with van der Waals surface area (Å²) >= 11 is 0. The predicted octanol–water partition coefficient (Wildman–Crippen LogP) is 2.27. The molecule has 4 heteroatoms. The summed E-state index contributed by atoms with van der Waals surface area (Å²) in [7, 11) is 0. The molecule has 0 atom stereocenters. The fourth-order valence-electron chi connectivity index (χ4n) is 0.564. The summed E-state index contributed by atoms with van der Waals surface area (Å²) in [6, 6.07) is 0. The number of hydrogen-bond donors (Lipinski definition) is 1. The van der Waals surface area contributed by atoms with E-state index >= 15 is 0 Å². The van der Waals surface area contributed by atoms with Crippen LogP contribution < -0.4 is 0 Å². The molecular weight excluding hydrogens is 154 g/mol. The van der Waals surface area contributed by atoms with Crippen LogP contribution in [0.4, 0.5) is 8.78 Å². The lowest BCUT2D eigenvalue weighted by molar-refractivity contribution is -0.134. The van der Waals surface area contributed by atoms with Crippen LogP contribution in [0.25, 0.3) is 0 Å². The van der Waals surface area contributed by atoms with Crippen LogP contribution in [0.15, 0.2) is 11.7 Å². The Bertz CT molecular complexity index is 185. The fraction of sp³-hybridized carbons (Fsp3) is 0.571. The van der Waals surface area contributed by atoms with Gasteiger partial charge in [-0.2, -0.15) is 4.39 Å². The minimum Gasteiger partial charge on any atom is -0.476 e.